The quantitative estimate of drug-likeness (QED) is 0.600. The number of likely N-dealkylation sites (tertiary alicyclic amines) is 1. The Labute approximate surface area is 193 Å². The highest BCUT2D eigenvalue weighted by molar-refractivity contribution is 7.89. The minimum absolute atomic E-state index is 0.0366. The van der Waals surface area contributed by atoms with Gasteiger partial charge in [-0.2, -0.15) is 0 Å². The fourth-order valence-electron chi connectivity index (χ4n) is 4.53. The standard InChI is InChI=1S/C25H26N2O5S/c28-25(11-12-26-33(29,30)21-9-7-18-4-1-2-5-19(18)16-21)27-13-3-6-22(27)20-8-10-23-24(17-20)32-15-14-31-23/h1-2,4-5,7-10,16-17,22,26H,3,6,11-15H2. The molecule has 0 aliphatic carbocycles. The number of carbonyl (C=O) groups is 1. The molecule has 1 amide bonds. The lowest BCUT2D eigenvalue weighted by Crippen LogP contribution is -2.34. The van der Waals surface area contributed by atoms with Gasteiger partial charge in [0.05, 0.1) is 10.9 Å². The Hall–Kier alpha value is -3.10. The Bertz CT molecular complexity index is 1290. The summed E-state index contributed by atoms with van der Waals surface area (Å²) in [6, 6.07) is 18.4. The summed E-state index contributed by atoms with van der Waals surface area (Å²) in [5, 5.41) is 1.83. The zero-order valence-electron chi connectivity index (χ0n) is 18.2. The molecule has 3 aromatic carbocycles. The topological polar surface area (TPSA) is 84.9 Å². The van der Waals surface area contributed by atoms with Crippen LogP contribution in [0.2, 0.25) is 0 Å². The SMILES string of the molecule is O=C(CCNS(=O)(=O)c1ccc2ccccc2c1)N1CCCC1c1ccc2c(c1)OCCO2. The summed E-state index contributed by atoms with van der Waals surface area (Å²) in [5.74, 6) is 1.37. The van der Waals surface area contributed by atoms with Gasteiger partial charge in [-0.3, -0.25) is 4.79 Å². The average molecular weight is 467 g/mol. The minimum atomic E-state index is -3.70. The van der Waals surface area contributed by atoms with E-state index in [9.17, 15) is 13.2 Å². The van der Waals surface area contributed by atoms with Crippen molar-refractivity contribution >= 4 is 26.7 Å². The lowest BCUT2D eigenvalue weighted by atomic mass is 10.0. The summed E-state index contributed by atoms with van der Waals surface area (Å²) < 4.78 is 39.3. The van der Waals surface area contributed by atoms with Crippen LogP contribution in [0, 0.1) is 0 Å². The molecule has 0 saturated carbocycles. The molecule has 1 N–H and O–H groups in total. The van der Waals surface area contributed by atoms with Crippen LogP contribution in [0.3, 0.4) is 0 Å². The lowest BCUT2D eigenvalue weighted by molar-refractivity contribution is -0.131. The maximum absolute atomic E-state index is 13.0. The van der Waals surface area contributed by atoms with Crippen LogP contribution in [-0.2, 0) is 14.8 Å². The van der Waals surface area contributed by atoms with Crippen LogP contribution < -0.4 is 14.2 Å². The number of hydrogen-bond acceptors (Lipinski definition) is 5. The van der Waals surface area contributed by atoms with Crippen LogP contribution in [0.1, 0.15) is 30.9 Å². The summed E-state index contributed by atoms with van der Waals surface area (Å²) >= 11 is 0. The average Bonchev–Trinajstić information content (AvgIpc) is 3.33. The third-order valence-electron chi connectivity index (χ3n) is 6.19. The van der Waals surface area contributed by atoms with E-state index >= 15 is 0 Å². The molecular weight excluding hydrogens is 440 g/mol. The van der Waals surface area contributed by atoms with E-state index in [1.807, 2.05) is 47.4 Å². The first kappa shape index (κ1) is 21.7. The number of rotatable bonds is 6. The second kappa shape index (κ2) is 9.03. The van der Waals surface area contributed by atoms with E-state index in [4.69, 9.17) is 9.47 Å². The van der Waals surface area contributed by atoms with Crippen molar-refractivity contribution in [2.45, 2.75) is 30.2 Å². The van der Waals surface area contributed by atoms with Crippen molar-refractivity contribution in [3.8, 4) is 11.5 Å². The monoisotopic (exact) mass is 466 g/mol. The second-order valence-corrected chi connectivity index (χ2v) is 10.1. The smallest absolute Gasteiger partial charge is 0.240 e. The van der Waals surface area contributed by atoms with E-state index in [-0.39, 0.29) is 29.8 Å². The van der Waals surface area contributed by atoms with Gasteiger partial charge in [-0.05, 0) is 53.4 Å². The summed E-state index contributed by atoms with van der Waals surface area (Å²) in [4.78, 5) is 15.0. The molecule has 8 heteroatoms. The van der Waals surface area contributed by atoms with E-state index in [2.05, 4.69) is 4.72 Å². The Morgan fingerprint density at radius 2 is 1.76 bits per heavy atom. The zero-order chi connectivity index (χ0) is 22.8. The first-order chi connectivity index (χ1) is 16.0. The van der Waals surface area contributed by atoms with Crippen molar-refractivity contribution in [3.05, 3.63) is 66.2 Å². The van der Waals surface area contributed by atoms with Gasteiger partial charge < -0.3 is 14.4 Å². The van der Waals surface area contributed by atoms with E-state index in [1.54, 1.807) is 18.2 Å². The molecule has 5 rings (SSSR count). The molecule has 1 atom stereocenters. The molecule has 2 heterocycles. The minimum Gasteiger partial charge on any atom is -0.486 e. The Kier molecular flexibility index (Phi) is 5.95. The number of nitrogens with one attached hydrogen (secondary N) is 1. The van der Waals surface area contributed by atoms with Gasteiger partial charge in [0.2, 0.25) is 15.9 Å². The zero-order valence-corrected chi connectivity index (χ0v) is 19.0. The molecule has 0 spiro atoms. The number of fused-ring (bicyclic) bond motifs is 2. The van der Waals surface area contributed by atoms with E-state index in [1.165, 1.54) is 0 Å². The molecule has 1 unspecified atom stereocenters. The van der Waals surface area contributed by atoms with Gasteiger partial charge in [-0.1, -0.05) is 36.4 Å². The van der Waals surface area contributed by atoms with E-state index in [0.717, 1.165) is 34.9 Å². The highest BCUT2D eigenvalue weighted by atomic mass is 32.2. The van der Waals surface area contributed by atoms with Gasteiger partial charge in [0.25, 0.3) is 0 Å². The third kappa shape index (κ3) is 4.54. The molecule has 2 aliphatic heterocycles. The fraction of sp³-hybridized carbons (Fsp3) is 0.320. The van der Waals surface area contributed by atoms with Crippen LogP contribution in [0.25, 0.3) is 10.8 Å². The van der Waals surface area contributed by atoms with Crippen molar-refractivity contribution in [2.24, 2.45) is 0 Å². The van der Waals surface area contributed by atoms with Crippen molar-refractivity contribution in [3.63, 3.8) is 0 Å². The number of benzene rings is 3. The summed E-state index contributed by atoms with van der Waals surface area (Å²) in [5.41, 5.74) is 1.02. The molecule has 0 bridgehead atoms. The number of amides is 1. The number of ether oxygens (including phenoxy) is 2. The van der Waals surface area contributed by atoms with Crippen molar-refractivity contribution < 1.29 is 22.7 Å². The maximum atomic E-state index is 13.0. The highest BCUT2D eigenvalue weighted by Crippen LogP contribution is 2.38. The largest absolute Gasteiger partial charge is 0.486 e. The number of nitrogens with zero attached hydrogens (tertiary/aromatic N) is 1. The van der Waals surface area contributed by atoms with Gasteiger partial charge >= 0.3 is 0 Å². The van der Waals surface area contributed by atoms with Crippen molar-refractivity contribution in [1.82, 2.24) is 9.62 Å². The van der Waals surface area contributed by atoms with Crippen LogP contribution in [0.15, 0.2) is 65.6 Å². The number of sulfonamides is 1. The number of hydrogen-bond donors (Lipinski definition) is 1. The van der Waals surface area contributed by atoms with Crippen LogP contribution >= 0.6 is 0 Å². The molecule has 2 aliphatic rings. The fourth-order valence-corrected chi connectivity index (χ4v) is 5.60. The molecule has 172 valence electrons. The summed E-state index contributed by atoms with van der Waals surface area (Å²) in [6.07, 6.45) is 1.88. The van der Waals surface area contributed by atoms with Gasteiger partial charge in [-0.25, -0.2) is 13.1 Å². The molecule has 3 aromatic rings. The van der Waals surface area contributed by atoms with Gasteiger partial charge in [0.15, 0.2) is 11.5 Å². The third-order valence-corrected chi connectivity index (χ3v) is 7.65. The van der Waals surface area contributed by atoms with Crippen molar-refractivity contribution in [1.29, 1.82) is 0 Å². The molecule has 1 fully saturated rings. The van der Waals surface area contributed by atoms with Gasteiger partial charge in [-0.15, -0.1) is 0 Å². The molecule has 0 aromatic heterocycles. The summed E-state index contributed by atoms with van der Waals surface area (Å²) in [7, 11) is -3.70. The maximum Gasteiger partial charge on any atom is 0.240 e. The van der Waals surface area contributed by atoms with Crippen LogP contribution in [-0.4, -0.2) is 45.5 Å². The highest BCUT2D eigenvalue weighted by Gasteiger charge is 2.30. The lowest BCUT2D eigenvalue weighted by Gasteiger charge is -2.27. The Morgan fingerprint density at radius 1 is 0.970 bits per heavy atom. The predicted octanol–water partition coefficient (Wildman–Crippen LogP) is 3.64. The first-order valence-corrected chi connectivity index (χ1v) is 12.7. The summed E-state index contributed by atoms with van der Waals surface area (Å²) in [6.45, 7) is 1.77. The van der Waals surface area contributed by atoms with Crippen molar-refractivity contribution in [2.75, 3.05) is 26.3 Å². The van der Waals surface area contributed by atoms with Crippen LogP contribution in [0.4, 0.5) is 0 Å². The Balaban J connectivity index is 1.23. The molecule has 7 nitrogen and oxygen atoms in total. The predicted molar refractivity (Wildman–Crippen MR) is 125 cm³/mol. The van der Waals surface area contributed by atoms with E-state index < -0.39 is 10.0 Å². The molecule has 33 heavy (non-hydrogen) atoms. The van der Waals surface area contributed by atoms with Crippen LogP contribution in [0.5, 0.6) is 11.5 Å². The van der Waals surface area contributed by atoms with Gasteiger partial charge in [0, 0.05) is 19.5 Å². The molecule has 0 radical (unpaired) electrons. The second-order valence-electron chi connectivity index (χ2n) is 8.30. The normalized spacial score (nSPS) is 17.9. The number of carbonyl (C=O) groups excluding carboxylic acids is 1. The first-order valence-electron chi connectivity index (χ1n) is 11.2. The van der Waals surface area contributed by atoms with Gasteiger partial charge in [0.1, 0.15) is 13.2 Å². The molecule has 1 saturated heterocycles. The molecular formula is C25H26N2O5S. The Morgan fingerprint density at radius 3 is 2.61 bits per heavy atom. The van der Waals surface area contributed by atoms with E-state index in [0.29, 0.717) is 25.5 Å².